The Bertz CT molecular complexity index is 468. The van der Waals surface area contributed by atoms with Crippen LogP contribution in [0.5, 0.6) is 0 Å². The van der Waals surface area contributed by atoms with Gasteiger partial charge in [-0.15, -0.1) is 11.3 Å². The molecule has 1 aromatic carbocycles. The lowest BCUT2D eigenvalue weighted by molar-refractivity contribution is 0.0952. The Labute approximate surface area is 111 Å². The van der Waals surface area contributed by atoms with Gasteiger partial charge in [0.15, 0.2) is 5.01 Å². The Morgan fingerprint density at radius 3 is 2.78 bits per heavy atom. The lowest BCUT2D eigenvalue weighted by Gasteiger charge is -2.03. The third kappa shape index (κ3) is 3.96. The largest absolute Gasteiger partial charge is 0.350 e. The number of aryl methyl sites for hydroxylation is 1. The first kappa shape index (κ1) is 12.8. The number of thiazole rings is 1. The molecule has 1 amide bonds. The van der Waals surface area contributed by atoms with E-state index < -0.39 is 0 Å². The van der Waals surface area contributed by atoms with E-state index in [0.717, 1.165) is 19.3 Å². The summed E-state index contributed by atoms with van der Waals surface area (Å²) in [6, 6.07) is 10.4. The predicted molar refractivity (Wildman–Crippen MR) is 73.8 cm³/mol. The van der Waals surface area contributed by atoms with E-state index in [2.05, 4.69) is 34.6 Å². The summed E-state index contributed by atoms with van der Waals surface area (Å²) in [5.74, 6) is -0.0651. The molecule has 0 fully saturated rings. The second-order valence-electron chi connectivity index (χ2n) is 4.04. The van der Waals surface area contributed by atoms with Crippen LogP contribution < -0.4 is 5.32 Å². The summed E-state index contributed by atoms with van der Waals surface area (Å²) in [5.41, 5.74) is 1.35. The van der Waals surface area contributed by atoms with Crippen molar-refractivity contribution in [3.05, 3.63) is 52.5 Å². The summed E-state index contributed by atoms with van der Waals surface area (Å²) < 4.78 is 0. The van der Waals surface area contributed by atoms with Crippen LogP contribution in [0.15, 0.2) is 41.9 Å². The molecule has 0 saturated carbocycles. The van der Waals surface area contributed by atoms with Gasteiger partial charge < -0.3 is 5.32 Å². The standard InChI is InChI=1S/C14H16N2OS/c17-13(14-16-10-11-18-14)15-9-5-4-8-12-6-2-1-3-7-12/h1-3,6-7,10-11H,4-5,8-9H2,(H,15,17). The number of unbranched alkanes of at least 4 members (excludes halogenated alkanes) is 1. The van der Waals surface area contributed by atoms with Crippen LogP contribution in [-0.4, -0.2) is 17.4 Å². The molecule has 94 valence electrons. The maximum absolute atomic E-state index is 11.6. The molecule has 0 aliphatic rings. The Balaban J connectivity index is 1.61. The number of nitrogens with one attached hydrogen (secondary N) is 1. The van der Waals surface area contributed by atoms with Gasteiger partial charge in [-0.1, -0.05) is 30.3 Å². The van der Waals surface area contributed by atoms with Gasteiger partial charge in [0, 0.05) is 18.1 Å². The van der Waals surface area contributed by atoms with Crippen molar-refractivity contribution in [2.45, 2.75) is 19.3 Å². The van der Waals surface area contributed by atoms with Gasteiger partial charge in [0.25, 0.3) is 5.91 Å². The van der Waals surface area contributed by atoms with Gasteiger partial charge in [-0.2, -0.15) is 0 Å². The smallest absolute Gasteiger partial charge is 0.280 e. The number of carbonyl (C=O) groups excluding carboxylic acids is 1. The van der Waals surface area contributed by atoms with Crippen molar-refractivity contribution < 1.29 is 4.79 Å². The monoisotopic (exact) mass is 260 g/mol. The molecule has 18 heavy (non-hydrogen) atoms. The second-order valence-corrected chi connectivity index (χ2v) is 4.93. The molecule has 0 aliphatic heterocycles. The lowest BCUT2D eigenvalue weighted by atomic mass is 10.1. The van der Waals surface area contributed by atoms with E-state index in [0.29, 0.717) is 11.6 Å². The summed E-state index contributed by atoms with van der Waals surface area (Å²) in [6.07, 6.45) is 4.79. The highest BCUT2D eigenvalue weighted by molar-refractivity contribution is 7.11. The number of hydrogen-bond acceptors (Lipinski definition) is 3. The minimum atomic E-state index is -0.0651. The SMILES string of the molecule is O=C(NCCCCc1ccccc1)c1nccs1. The topological polar surface area (TPSA) is 42.0 Å². The maximum atomic E-state index is 11.6. The molecule has 0 saturated heterocycles. The fourth-order valence-corrected chi connectivity index (χ4v) is 2.26. The summed E-state index contributed by atoms with van der Waals surface area (Å²) in [4.78, 5) is 15.5. The first-order chi connectivity index (χ1) is 8.86. The van der Waals surface area contributed by atoms with Crippen molar-refractivity contribution in [2.24, 2.45) is 0 Å². The zero-order chi connectivity index (χ0) is 12.6. The number of aromatic nitrogens is 1. The number of amides is 1. The number of hydrogen-bond donors (Lipinski definition) is 1. The Kier molecular flexibility index (Phi) is 4.90. The molecule has 2 aromatic rings. The average molecular weight is 260 g/mol. The molecule has 0 bridgehead atoms. The van der Waals surface area contributed by atoms with Gasteiger partial charge in [-0.25, -0.2) is 4.98 Å². The van der Waals surface area contributed by atoms with Crippen LogP contribution in [0, 0.1) is 0 Å². The van der Waals surface area contributed by atoms with Gasteiger partial charge in [0.2, 0.25) is 0 Å². The van der Waals surface area contributed by atoms with Crippen LogP contribution in [0.1, 0.15) is 28.2 Å². The highest BCUT2D eigenvalue weighted by Crippen LogP contribution is 2.05. The molecule has 0 unspecified atom stereocenters. The minimum absolute atomic E-state index is 0.0651. The molecule has 3 nitrogen and oxygen atoms in total. The molecule has 0 atom stereocenters. The summed E-state index contributed by atoms with van der Waals surface area (Å²) in [7, 11) is 0. The van der Waals surface area contributed by atoms with E-state index in [9.17, 15) is 4.79 Å². The van der Waals surface area contributed by atoms with Crippen LogP contribution in [-0.2, 0) is 6.42 Å². The predicted octanol–water partition coefficient (Wildman–Crippen LogP) is 2.90. The first-order valence-corrected chi connectivity index (χ1v) is 6.96. The average Bonchev–Trinajstić information content (AvgIpc) is 2.93. The fourth-order valence-electron chi connectivity index (χ4n) is 1.71. The molecule has 1 N–H and O–H groups in total. The van der Waals surface area contributed by atoms with Gasteiger partial charge in [0.05, 0.1) is 0 Å². The molecular weight excluding hydrogens is 244 g/mol. The third-order valence-electron chi connectivity index (χ3n) is 2.65. The van der Waals surface area contributed by atoms with Crippen molar-refractivity contribution in [3.63, 3.8) is 0 Å². The molecule has 0 aliphatic carbocycles. The van der Waals surface area contributed by atoms with Crippen molar-refractivity contribution in [1.29, 1.82) is 0 Å². The Morgan fingerprint density at radius 1 is 1.22 bits per heavy atom. The highest BCUT2D eigenvalue weighted by atomic mass is 32.1. The van der Waals surface area contributed by atoms with Crippen molar-refractivity contribution in [1.82, 2.24) is 10.3 Å². The Hall–Kier alpha value is -1.68. The summed E-state index contributed by atoms with van der Waals surface area (Å²) >= 11 is 1.37. The summed E-state index contributed by atoms with van der Waals surface area (Å²) in [5, 5.41) is 5.23. The van der Waals surface area contributed by atoms with Crippen molar-refractivity contribution in [3.8, 4) is 0 Å². The van der Waals surface area contributed by atoms with Gasteiger partial charge in [0.1, 0.15) is 0 Å². The van der Waals surface area contributed by atoms with Crippen molar-refractivity contribution >= 4 is 17.2 Å². The zero-order valence-corrected chi connectivity index (χ0v) is 11.0. The molecule has 2 rings (SSSR count). The van der Waals surface area contributed by atoms with E-state index in [4.69, 9.17) is 0 Å². The summed E-state index contributed by atoms with van der Waals surface area (Å²) in [6.45, 7) is 0.714. The van der Waals surface area contributed by atoms with E-state index in [-0.39, 0.29) is 5.91 Å². The lowest BCUT2D eigenvalue weighted by Crippen LogP contribution is -2.24. The van der Waals surface area contributed by atoms with E-state index >= 15 is 0 Å². The van der Waals surface area contributed by atoms with E-state index in [1.807, 2.05) is 11.4 Å². The molecule has 4 heteroatoms. The van der Waals surface area contributed by atoms with Crippen LogP contribution in [0.4, 0.5) is 0 Å². The fraction of sp³-hybridized carbons (Fsp3) is 0.286. The third-order valence-corrected chi connectivity index (χ3v) is 3.42. The number of rotatable bonds is 6. The molecule has 0 spiro atoms. The quantitative estimate of drug-likeness (QED) is 0.811. The number of benzene rings is 1. The van der Waals surface area contributed by atoms with Gasteiger partial charge >= 0.3 is 0 Å². The molecule has 1 heterocycles. The zero-order valence-electron chi connectivity index (χ0n) is 10.1. The first-order valence-electron chi connectivity index (χ1n) is 6.08. The second kappa shape index (κ2) is 6.91. The van der Waals surface area contributed by atoms with Gasteiger partial charge in [-0.05, 0) is 24.8 Å². The van der Waals surface area contributed by atoms with E-state index in [1.54, 1.807) is 6.20 Å². The minimum Gasteiger partial charge on any atom is -0.350 e. The molecule has 1 aromatic heterocycles. The van der Waals surface area contributed by atoms with Crippen LogP contribution in [0.3, 0.4) is 0 Å². The van der Waals surface area contributed by atoms with Gasteiger partial charge in [-0.3, -0.25) is 4.79 Å². The maximum Gasteiger partial charge on any atom is 0.280 e. The molecule has 0 radical (unpaired) electrons. The van der Waals surface area contributed by atoms with Crippen LogP contribution in [0.25, 0.3) is 0 Å². The van der Waals surface area contributed by atoms with E-state index in [1.165, 1.54) is 16.9 Å². The number of nitrogens with zero attached hydrogens (tertiary/aromatic N) is 1. The Morgan fingerprint density at radius 2 is 2.06 bits per heavy atom. The van der Waals surface area contributed by atoms with Crippen LogP contribution in [0.2, 0.25) is 0 Å². The van der Waals surface area contributed by atoms with Crippen LogP contribution >= 0.6 is 11.3 Å². The number of carbonyl (C=O) groups is 1. The molecular formula is C14H16N2OS. The highest BCUT2D eigenvalue weighted by Gasteiger charge is 2.06. The van der Waals surface area contributed by atoms with Crippen molar-refractivity contribution in [2.75, 3.05) is 6.54 Å². The normalized spacial score (nSPS) is 10.2.